The molecule has 1 aliphatic carbocycles. The lowest BCUT2D eigenvalue weighted by Gasteiger charge is -2.44. The third-order valence-electron chi connectivity index (χ3n) is 7.75. The van der Waals surface area contributed by atoms with E-state index < -0.39 is 0 Å². The SMILES string of the molecule is C[C@@]1(c2ccccc2)CCc2cc(O)ccc2[C@@H]1c1ccc(N2CCC(C=O)CC2)cc1. The minimum Gasteiger partial charge on any atom is -0.508 e. The van der Waals surface area contributed by atoms with Gasteiger partial charge in [-0.3, -0.25) is 0 Å². The molecule has 3 aromatic rings. The predicted molar refractivity (Wildman–Crippen MR) is 130 cm³/mol. The number of carbonyl (C=O) groups excluding carboxylic acids is 1. The number of hydrogen-bond donors (Lipinski definition) is 1. The van der Waals surface area contributed by atoms with Crippen molar-refractivity contribution in [3.63, 3.8) is 0 Å². The molecule has 0 spiro atoms. The van der Waals surface area contributed by atoms with Gasteiger partial charge >= 0.3 is 0 Å². The zero-order valence-corrected chi connectivity index (χ0v) is 18.7. The Balaban J connectivity index is 1.52. The summed E-state index contributed by atoms with van der Waals surface area (Å²) < 4.78 is 0. The summed E-state index contributed by atoms with van der Waals surface area (Å²) in [6.07, 6.45) is 5.01. The van der Waals surface area contributed by atoms with E-state index >= 15 is 0 Å². The average molecular weight is 426 g/mol. The highest BCUT2D eigenvalue weighted by Gasteiger charge is 2.41. The van der Waals surface area contributed by atoms with Crippen LogP contribution in [0.1, 0.15) is 54.4 Å². The van der Waals surface area contributed by atoms with E-state index in [2.05, 4.69) is 72.5 Å². The number of phenolic OH excluding ortho intramolecular Hbond substituents is 1. The summed E-state index contributed by atoms with van der Waals surface area (Å²) in [5, 5.41) is 10.1. The van der Waals surface area contributed by atoms with Crippen molar-refractivity contribution in [2.24, 2.45) is 5.92 Å². The van der Waals surface area contributed by atoms with E-state index in [1.165, 1.54) is 27.9 Å². The molecule has 3 nitrogen and oxygen atoms in total. The number of aryl methyl sites for hydroxylation is 1. The Morgan fingerprint density at radius 2 is 1.69 bits per heavy atom. The fourth-order valence-corrected chi connectivity index (χ4v) is 5.82. The van der Waals surface area contributed by atoms with Gasteiger partial charge in [-0.05, 0) is 72.2 Å². The van der Waals surface area contributed by atoms with Crippen molar-refractivity contribution in [1.29, 1.82) is 0 Å². The first-order chi connectivity index (χ1) is 15.6. The molecule has 164 valence electrons. The van der Waals surface area contributed by atoms with Crippen LogP contribution in [0, 0.1) is 5.92 Å². The third-order valence-corrected chi connectivity index (χ3v) is 7.75. The second-order valence-corrected chi connectivity index (χ2v) is 9.65. The van der Waals surface area contributed by atoms with Crippen molar-refractivity contribution < 1.29 is 9.90 Å². The number of piperidine rings is 1. The van der Waals surface area contributed by atoms with Crippen LogP contribution in [0.3, 0.4) is 0 Å². The first-order valence-electron chi connectivity index (χ1n) is 11.8. The number of rotatable bonds is 4. The zero-order chi connectivity index (χ0) is 22.1. The highest BCUT2D eigenvalue weighted by atomic mass is 16.3. The molecule has 0 radical (unpaired) electrons. The number of fused-ring (bicyclic) bond motifs is 1. The molecule has 1 saturated heterocycles. The second-order valence-electron chi connectivity index (χ2n) is 9.65. The van der Waals surface area contributed by atoms with Crippen LogP contribution in [-0.2, 0) is 16.6 Å². The Labute approximate surface area is 190 Å². The molecule has 2 aliphatic rings. The molecule has 32 heavy (non-hydrogen) atoms. The van der Waals surface area contributed by atoms with E-state index in [-0.39, 0.29) is 17.3 Å². The number of anilines is 1. The van der Waals surface area contributed by atoms with E-state index in [0.717, 1.165) is 45.1 Å². The summed E-state index contributed by atoms with van der Waals surface area (Å²) in [6, 6.07) is 25.8. The molecule has 0 bridgehead atoms. The van der Waals surface area contributed by atoms with E-state index in [0.29, 0.717) is 5.75 Å². The zero-order valence-electron chi connectivity index (χ0n) is 18.7. The quantitative estimate of drug-likeness (QED) is 0.534. The van der Waals surface area contributed by atoms with Crippen LogP contribution >= 0.6 is 0 Å². The fourth-order valence-electron chi connectivity index (χ4n) is 5.82. The topological polar surface area (TPSA) is 40.5 Å². The van der Waals surface area contributed by atoms with E-state index in [1.807, 2.05) is 12.1 Å². The molecule has 0 aromatic heterocycles. The van der Waals surface area contributed by atoms with Crippen LogP contribution in [0.25, 0.3) is 0 Å². The molecule has 0 unspecified atom stereocenters. The molecular weight excluding hydrogens is 394 g/mol. The van der Waals surface area contributed by atoms with Gasteiger partial charge in [-0.15, -0.1) is 0 Å². The maximum Gasteiger partial charge on any atom is 0.123 e. The van der Waals surface area contributed by atoms with Gasteiger partial charge in [0.2, 0.25) is 0 Å². The predicted octanol–water partition coefficient (Wildman–Crippen LogP) is 5.84. The van der Waals surface area contributed by atoms with Crippen LogP contribution < -0.4 is 4.90 Å². The molecule has 1 heterocycles. The largest absolute Gasteiger partial charge is 0.508 e. The van der Waals surface area contributed by atoms with Crippen molar-refractivity contribution in [3.05, 3.63) is 95.1 Å². The number of hydrogen-bond acceptors (Lipinski definition) is 3. The van der Waals surface area contributed by atoms with Crippen LogP contribution in [0.15, 0.2) is 72.8 Å². The van der Waals surface area contributed by atoms with E-state index in [9.17, 15) is 9.90 Å². The van der Waals surface area contributed by atoms with Crippen molar-refractivity contribution in [2.45, 2.75) is 43.9 Å². The Morgan fingerprint density at radius 1 is 0.969 bits per heavy atom. The number of aromatic hydroxyl groups is 1. The van der Waals surface area contributed by atoms with Gasteiger partial charge in [0.25, 0.3) is 0 Å². The number of aldehydes is 1. The Kier molecular flexibility index (Phi) is 5.50. The molecule has 2 atom stereocenters. The van der Waals surface area contributed by atoms with Crippen LogP contribution in [0.5, 0.6) is 5.75 Å². The summed E-state index contributed by atoms with van der Waals surface area (Å²) in [7, 11) is 0. The number of carbonyl (C=O) groups is 1. The Morgan fingerprint density at radius 3 is 2.38 bits per heavy atom. The number of nitrogens with zero attached hydrogens (tertiary/aromatic N) is 1. The smallest absolute Gasteiger partial charge is 0.123 e. The fraction of sp³-hybridized carbons (Fsp3) is 0.345. The molecule has 1 fully saturated rings. The molecule has 3 aromatic carbocycles. The molecule has 1 aliphatic heterocycles. The maximum absolute atomic E-state index is 11.1. The molecule has 3 heteroatoms. The molecule has 0 saturated carbocycles. The standard InChI is InChI=1S/C29H31NO2/c1-29(24-5-3-2-4-6-24)16-13-23-19-26(32)11-12-27(23)28(29)22-7-9-25(10-8-22)30-17-14-21(20-31)15-18-30/h2-12,19-21,28,32H,13-18H2,1H3/t28-,29-/m0/s1. The van der Waals surface area contributed by atoms with Crippen LogP contribution in [0.4, 0.5) is 5.69 Å². The first-order valence-corrected chi connectivity index (χ1v) is 11.8. The van der Waals surface area contributed by atoms with Gasteiger partial charge in [0, 0.05) is 36.0 Å². The summed E-state index contributed by atoms with van der Waals surface area (Å²) in [5.74, 6) is 0.788. The van der Waals surface area contributed by atoms with Gasteiger partial charge in [0.1, 0.15) is 12.0 Å². The van der Waals surface area contributed by atoms with Crippen molar-refractivity contribution in [3.8, 4) is 5.75 Å². The lowest BCUT2D eigenvalue weighted by Crippen LogP contribution is -2.36. The summed E-state index contributed by atoms with van der Waals surface area (Å²) >= 11 is 0. The van der Waals surface area contributed by atoms with Gasteiger partial charge < -0.3 is 14.8 Å². The Hall–Kier alpha value is -3.07. The molecular formula is C29H31NO2. The lowest BCUT2D eigenvalue weighted by molar-refractivity contribution is -0.111. The van der Waals surface area contributed by atoms with Crippen molar-refractivity contribution in [2.75, 3.05) is 18.0 Å². The summed E-state index contributed by atoms with van der Waals surface area (Å²) in [6.45, 7) is 4.27. The third kappa shape index (κ3) is 3.70. The summed E-state index contributed by atoms with van der Waals surface area (Å²) in [4.78, 5) is 13.5. The maximum atomic E-state index is 11.1. The molecule has 1 N–H and O–H groups in total. The van der Waals surface area contributed by atoms with Gasteiger partial charge in [0.05, 0.1) is 0 Å². The van der Waals surface area contributed by atoms with E-state index in [4.69, 9.17) is 0 Å². The minimum absolute atomic E-state index is 0.0188. The van der Waals surface area contributed by atoms with Gasteiger partial charge in [0.15, 0.2) is 0 Å². The van der Waals surface area contributed by atoms with Gasteiger partial charge in [-0.1, -0.05) is 55.5 Å². The molecule has 5 rings (SSSR count). The van der Waals surface area contributed by atoms with Gasteiger partial charge in [-0.25, -0.2) is 0 Å². The van der Waals surface area contributed by atoms with E-state index in [1.54, 1.807) is 0 Å². The number of benzene rings is 3. The van der Waals surface area contributed by atoms with Crippen LogP contribution in [-0.4, -0.2) is 24.5 Å². The second kappa shape index (κ2) is 8.46. The number of phenols is 1. The van der Waals surface area contributed by atoms with Gasteiger partial charge in [-0.2, -0.15) is 0 Å². The average Bonchev–Trinajstić information content (AvgIpc) is 2.85. The Bertz CT molecular complexity index is 1080. The molecule has 0 amide bonds. The van der Waals surface area contributed by atoms with Crippen LogP contribution in [0.2, 0.25) is 0 Å². The summed E-state index contributed by atoms with van der Waals surface area (Å²) in [5.41, 5.74) is 6.47. The highest BCUT2D eigenvalue weighted by Crippen LogP contribution is 2.51. The highest BCUT2D eigenvalue weighted by molar-refractivity contribution is 5.57. The lowest BCUT2D eigenvalue weighted by atomic mass is 9.59. The minimum atomic E-state index is -0.0188. The van der Waals surface area contributed by atoms with Crippen molar-refractivity contribution >= 4 is 12.0 Å². The van der Waals surface area contributed by atoms with Crippen molar-refractivity contribution in [1.82, 2.24) is 0 Å². The first kappa shape index (κ1) is 20.8. The monoisotopic (exact) mass is 425 g/mol. The normalized spacial score (nSPS) is 23.5.